The van der Waals surface area contributed by atoms with Crippen molar-refractivity contribution in [2.75, 3.05) is 19.6 Å². The predicted octanol–water partition coefficient (Wildman–Crippen LogP) is 2.56. The molecule has 0 aromatic rings. The van der Waals surface area contributed by atoms with E-state index < -0.39 is 0 Å². The number of nitrogens with zero attached hydrogens (tertiary/aromatic N) is 1. The molecule has 1 aliphatic heterocycles. The zero-order valence-corrected chi connectivity index (χ0v) is 14.4. The average molecular weight is 296 g/mol. The van der Waals surface area contributed by atoms with Gasteiger partial charge in [0.15, 0.2) is 0 Å². The molecule has 1 saturated carbocycles. The number of ether oxygens (including phenoxy) is 1. The van der Waals surface area contributed by atoms with Crippen LogP contribution in [-0.4, -0.2) is 41.6 Å². The van der Waals surface area contributed by atoms with E-state index in [1.54, 1.807) is 0 Å². The van der Waals surface area contributed by atoms with Gasteiger partial charge in [0, 0.05) is 19.6 Å². The van der Waals surface area contributed by atoms with E-state index in [0.717, 1.165) is 31.6 Å². The van der Waals surface area contributed by atoms with Crippen LogP contribution in [0.25, 0.3) is 0 Å². The summed E-state index contributed by atoms with van der Waals surface area (Å²) in [5, 5.41) is 0. The topological polar surface area (TPSA) is 55.6 Å². The first-order valence-corrected chi connectivity index (χ1v) is 8.29. The van der Waals surface area contributed by atoms with Crippen LogP contribution in [0.15, 0.2) is 0 Å². The molecule has 2 N–H and O–H groups in total. The van der Waals surface area contributed by atoms with Gasteiger partial charge in [-0.25, -0.2) is 0 Å². The van der Waals surface area contributed by atoms with Crippen molar-refractivity contribution in [2.24, 2.45) is 17.1 Å². The van der Waals surface area contributed by atoms with Crippen LogP contribution in [0.5, 0.6) is 0 Å². The standard InChI is InChI=1S/C17H32N2O2/c1-13-6-8-17(10-18,9-7-13)14(20)19-11-15(2,3)21-16(4,5)12-19/h13H,6-12,18H2,1-5H3. The highest BCUT2D eigenvalue weighted by atomic mass is 16.5. The van der Waals surface area contributed by atoms with Crippen molar-refractivity contribution < 1.29 is 9.53 Å². The smallest absolute Gasteiger partial charge is 0.230 e. The van der Waals surface area contributed by atoms with Gasteiger partial charge in [-0.2, -0.15) is 0 Å². The van der Waals surface area contributed by atoms with E-state index in [-0.39, 0.29) is 22.5 Å². The SMILES string of the molecule is CC1CCC(CN)(C(=O)N2CC(C)(C)OC(C)(C)C2)CC1. The molecule has 1 heterocycles. The molecule has 122 valence electrons. The van der Waals surface area contributed by atoms with Crippen LogP contribution in [0.1, 0.15) is 60.3 Å². The Morgan fingerprint density at radius 2 is 1.62 bits per heavy atom. The first-order chi connectivity index (χ1) is 9.59. The molecule has 0 radical (unpaired) electrons. The van der Waals surface area contributed by atoms with Crippen molar-refractivity contribution in [1.82, 2.24) is 4.90 Å². The normalized spacial score (nSPS) is 35.5. The highest BCUT2D eigenvalue weighted by Gasteiger charge is 2.47. The van der Waals surface area contributed by atoms with E-state index in [4.69, 9.17) is 10.5 Å². The number of hydrogen-bond acceptors (Lipinski definition) is 3. The van der Waals surface area contributed by atoms with Crippen molar-refractivity contribution >= 4 is 5.91 Å². The largest absolute Gasteiger partial charge is 0.366 e. The van der Waals surface area contributed by atoms with Gasteiger partial charge in [0.1, 0.15) is 0 Å². The molecule has 0 spiro atoms. The maximum atomic E-state index is 13.2. The highest BCUT2D eigenvalue weighted by Crippen LogP contribution is 2.41. The molecule has 0 atom stereocenters. The second-order valence-electron chi connectivity index (χ2n) is 8.45. The van der Waals surface area contributed by atoms with Gasteiger partial charge in [0.05, 0.1) is 16.6 Å². The number of nitrogens with two attached hydrogens (primary N) is 1. The van der Waals surface area contributed by atoms with E-state index in [9.17, 15) is 4.79 Å². The predicted molar refractivity (Wildman–Crippen MR) is 84.9 cm³/mol. The van der Waals surface area contributed by atoms with Gasteiger partial charge in [-0.1, -0.05) is 6.92 Å². The summed E-state index contributed by atoms with van der Waals surface area (Å²) in [7, 11) is 0. The van der Waals surface area contributed by atoms with Crippen molar-refractivity contribution in [3.05, 3.63) is 0 Å². The van der Waals surface area contributed by atoms with E-state index in [0.29, 0.717) is 19.6 Å². The van der Waals surface area contributed by atoms with Crippen molar-refractivity contribution in [1.29, 1.82) is 0 Å². The zero-order chi connectivity index (χ0) is 15.9. The minimum Gasteiger partial charge on any atom is -0.366 e. The molecule has 2 aliphatic rings. The Morgan fingerprint density at radius 3 is 2.05 bits per heavy atom. The first kappa shape index (κ1) is 16.8. The van der Waals surface area contributed by atoms with Gasteiger partial charge in [-0.05, 0) is 59.3 Å². The first-order valence-electron chi connectivity index (χ1n) is 8.29. The number of morpholine rings is 1. The lowest BCUT2D eigenvalue weighted by atomic mass is 9.69. The summed E-state index contributed by atoms with van der Waals surface area (Å²) < 4.78 is 6.09. The molecule has 4 heteroatoms. The summed E-state index contributed by atoms with van der Waals surface area (Å²) in [6.07, 6.45) is 4.09. The molecule has 2 rings (SSSR count). The molecule has 0 aromatic carbocycles. The molecule has 21 heavy (non-hydrogen) atoms. The Kier molecular flexibility index (Phi) is 4.42. The lowest BCUT2D eigenvalue weighted by molar-refractivity contribution is -0.194. The van der Waals surface area contributed by atoms with Crippen LogP contribution in [-0.2, 0) is 9.53 Å². The van der Waals surface area contributed by atoms with Crippen LogP contribution in [0.4, 0.5) is 0 Å². The van der Waals surface area contributed by atoms with Gasteiger partial charge in [0.25, 0.3) is 0 Å². The van der Waals surface area contributed by atoms with Crippen LogP contribution in [0.3, 0.4) is 0 Å². The molecule has 1 amide bonds. The second kappa shape index (κ2) is 5.54. The maximum Gasteiger partial charge on any atom is 0.230 e. The van der Waals surface area contributed by atoms with E-state index in [1.165, 1.54) is 0 Å². The highest BCUT2D eigenvalue weighted by molar-refractivity contribution is 5.83. The van der Waals surface area contributed by atoms with E-state index in [2.05, 4.69) is 34.6 Å². The fourth-order valence-electron chi connectivity index (χ4n) is 4.09. The minimum absolute atomic E-state index is 0.251. The second-order valence-corrected chi connectivity index (χ2v) is 8.45. The molecule has 0 bridgehead atoms. The summed E-state index contributed by atoms with van der Waals surface area (Å²) in [6, 6.07) is 0. The maximum absolute atomic E-state index is 13.2. The van der Waals surface area contributed by atoms with Crippen molar-refractivity contribution in [2.45, 2.75) is 71.5 Å². The van der Waals surface area contributed by atoms with Gasteiger partial charge in [-0.15, -0.1) is 0 Å². The minimum atomic E-state index is -0.337. The molecule has 1 aliphatic carbocycles. The molecule has 4 nitrogen and oxygen atoms in total. The third-order valence-electron chi connectivity index (χ3n) is 5.06. The molecular weight excluding hydrogens is 264 g/mol. The fourth-order valence-corrected chi connectivity index (χ4v) is 4.09. The summed E-state index contributed by atoms with van der Waals surface area (Å²) in [5.41, 5.74) is 5.12. The Labute approximate surface area is 129 Å². The van der Waals surface area contributed by atoms with Crippen LogP contribution in [0, 0.1) is 11.3 Å². The van der Waals surface area contributed by atoms with Crippen LogP contribution >= 0.6 is 0 Å². The number of amides is 1. The Hall–Kier alpha value is -0.610. The van der Waals surface area contributed by atoms with Crippen LogP contribution in [0.2, 0.25) is 0 Å². The van der Waals surface area contributed by atoms with E-state index >= 15 is 0 Å². The summed E-state index contributed by atoms with van der Waals surface area (Å²) in [6.45, 7) is 12.3. The molecular formula is C17H32N2O2. The van der Waals surface area contributed by atoms with Crippen molar-refractivity contribution in [3.8, 4) is 0 Å². The average Bonchev–Trinajstić information content (AvgIpc) is 2.36. The van der Waals surface area contributed by atoms with E-state index in [1.807, 2.05) is 4.90 Å². The Bertz CT molecular complexity index is 380. The lowest BCUT2D eigenvalue weighted by Gasteiger charge is -2.50. The Balaban J connectivity index is 2.17. The summed E-state index contributed by atoms with van der Waals surface area (Å²) >= 11 is 0. The number of carbonyl (C=O) groups excluding carboxylic acids is 1. The van der Waals surface area contributed by atoms with Gasteiger partial charge in [0.2, 0.25) is 5.91 Å². The quantitative estimate of drug-likeness (QED) is 0.852. The third-order valence-corrected chi connectivity index (χ3v) is 5.06. The molecule has 1 saturated heterocycles. The number of rotatable bonds is 2. The third kappa shape index (κ3) is 3.59. The zero-order valence-electron chi connectivity index (χ0n) is 14.4. The number of carbonyl (C=O) groups is 1. The molecule has 0 unspecified atom stereocenters. The fraction of sp³-hybridized carbons (Fsp3) is 0.941. The van der Waals surface area contributed by atoms with Gasteiger partial charge in [-0.3, -0.25) is 4.79 Å². The number of hydrogen-bond donors (Lipinski definition) is 1. The van der Waals surface area contributed by atoms with Gasteiger partial charge >= 0.3 is 0 Å². The lowest BCUT2D eigenvalue weighted by Crippen LogP contribution is -2.62. The molecule has 0 aromatic heterocycles. The monoisotopic (exact) mass is 296 g/mol. The van der Waals surface area contributed by atoms with Crippen molar-refractivity contribution in [3.63, 3.8) is 0 Å². The van der Waals surface area contributed by atoms with Gasteiger partial charge < -0.3 is 15.4 Å². The Morgan fingerprint density at radius 1 is 1.14 bits per heavy atom. The van der Waals surface area contributed by atoms with Crippen LogP contribution < -0.4 is 5.73 Å². The summed E-state index contributed by atoms with van der Waals surface area (Å²) in [5.74, 6) is 0.969. The summed E-state index contributed by atoms with van der Waals surface area (Å²) in [4.78, 5) is 15.2. The molecule has 2 fully saturated rings.